The van der Waals surface area contributed by atoms with Gasteiger partial charge in [0.15, 0.2) is 5.76 Å². The molecular weight excluding hydrogens is 302 g/mol. The fourth-order valence-electron chi connectivity index (χ4n) is 2.78. The van der Waals surface area contributed by atoms with Crippen LogP contribution >= 0.6 is 0 Å². The number of amides is 1. The summed E-state index contributed by atoms with van der Waals surface area (Å²) in [4.78, 5) is 12.5. The number of methoxy groups -OCH3 is 1. The number of benzene rings is 3. The lowest BCUT2D eigenvalue weighted by Gasteiger charge is -2.07. The lowest BCUT2D eigenvalue weighted by molar-refractivity contribution is 0.0999. The number of carbonyl (C=O) groups is 1. The van der Waals surface area contributed by atoms with Crippen LogP contribution in [-0.2, 0) is 0 Å². The van der Waals surface area contributed by atoms with Gasteiger partial charge < -0.3 is 14.5 Å². The first kappa shape index (κ1) is 14.3. The molecule has 4 rings (SSSR count). The summed E-state index contributed by atoms with van der Waals surface area (Å²) in [6.07, 6.45) is 0. The zero-order valence-corrected chi connectivity index (χ0v) is 13.1. The molecule has 0 saturated carbocycles. The molecule has 0 bridgehead atoms. The van der Waals surface area contributed by atoms with Crippen molar-refractivity contribution in [3.8, 4) is 5.75 Å². The second kappa shape index (κ2) is 5.74. The summed E-state index contributed by atoms with van der Waals surface area (Å²) in [6, 6.07) is 20.9. The fraction of sp³-hybridized carbons (Fsp3) is 0.0500. The van der Waals surface area contributed by atoms with E-state index >= 15 is 0 Å². The monoisotopic (exact) mass is 317 g/mol. The van der Waals surface area contributed by atoms with Crippen molar-refractivity contribution in [1.29, 1.82) is 0 Å². The highest BCUT2D eigenvalue weighted by Crippen LogP contribution is 2.26. The molecule has 0 radical (unpaired) electrons. The number of nitrogens with one attached hydrogen (secondary N) is 1. The Bertz CT molecular complexity index is 1040. The third-order valence-corrected chi connectivity index (χ3v) is 3.99. The smallest absolute Gasteiger partial charge is 0.291 e. The van der Waals surface area contributed by atoms with Gasteiger partial charge in [-0.2, -0.15) is 0 Å². The molecule has 0 aliphatic rings. The summed E-state index contributed by atoms with van der Waals surface area (Å²) >= 11 is 0. The van der Waals surface area contributed by atoms with Gasteiger partial charge in [0.2, 0.25) is 0 Å². The molecule has 1 N–H and O–H groups in total. The summed E-state index contributed by atoms with van der Waals surface area (Å²) in [5.41, 5.74) is 1.41. The molecule has 1 heterocycles. The van der Waals surface area contributed by atoms with E-state index in [1.165, 1.54) is 0 Å². The summed E-state index contributed by atoms with van der Waals surface area (Å²) < 4.78 is 10.8. The van der Waals surface area contributed by atoms with Crippen LogP contribution < -0.4 is 10.1 Å². The van der Waals surface area contributed by atoms with E-state index in [0.717, 1.165) is 27.6 Å². The lowest BCUT2D eigenvalue weighted by atomic mass is 10.1. The second-order valence-electron chi connectivity index (χ2n) is 5.50. The van der Waals surface area contributed by atoms with Crippen LogP contribution in [0.4, 0.5) is 5.69 Å². The number of hydrogen-bond acceptors (Lipinski definition) is 3. The Morgan fingerprint density at radius 1 is 0.958 bits per heavy atom. The molecule has 0 saturated heterocycles. The maximum absolute atomic E-state index is 12.5. The molecule has 0 atom stereocenters. The van der Waals surface area contributed by atoms with Gasteiger partial charge in [0, 0.05) is 16.5 Å². The Kier molecular flexibility index (Phi) is 3.43. The zero-order valence-electron chi connectivity index (χ0n) is 13.1. The van der Waals surface area contributed by atoms with E-state index < -0.39 is 0 Å². The van der Waals surface area contributed by atoms with E-state index in [4.69, 9.17) is 9.15 Å². The van der Waals surface area contributed by atoms with Crippen LogP contribution in [0, 0.1) is 0 Å². The third kappa shape index (κ3) is 2.48. The van der Waals surface area contributed by atoms with E-state index in [-0.39, 0.29) is 11.7 Å². The fourth-order valence-corrected chi connectivity index (χ4v) is 2.78. The van der Waals surface area contributed by atoms with E-state index in [1.807, 2.05) is 48.5 Å². The third-order valence-electron chi connectivity index (χ3n) is 3.99. The summed E-state index contributed by atoms with van der Waals surface area (Å²) in [7, 11) is 1.61. The molecule has 1 amide bonds. The highest BCUT2D eigenvalue weighted by Gasteiger charge is 2.14. The minimum atomic E-state index is -0.276. The number of carbonyl (C=O) groups excluding carboxylic acids is 1. The molecule has 4 heteroatoms. The Labute approximate surface area is 138 Å². The number of rotatable bonds is 3. The molecule has 0 spiro atoms. The molecule has 0 aliphatic carbocycles. The van der Waals surface area contributed by atoms with E-state index in [0.29, 0.717) is 5.58 Å². The standard InChI is InChI=1S/C20H15NO3/c1-23-15-9-10-18-14(11-15)12-19(24-18)20(22)21-17-8-4-6-13-5-2-3-7-16(13)17/h2-12H,1H3,(H,21,22). The van der Waals surface area contributed by atoms with Gasteiger partial charge in [-0.25, -0.2) is 0 Å². The summed E-state index contributed by atoms with van der Waals surface area (Å²) in [5.74, 6) is 0.719. The molecule has 24 heavy (non-hydrogen) atoms. The highest BCUT2D eigenvalue weighted by atomic mass is 16.5. The molecule has 118 valence electrons. The van der Waals surface area contributed by atoms with Gasteiger partial charge in [0.1, 0.15) is 11.3 Å². The Morgan fingerprint density at radius 2 is 1.79 bits per heavy atom. The van der Waals surface area contributed by atoms with Gasteiger partial charge in [-0.3, -0.25) is 4.79 Å². The summed E-state index contributed by atoms with van der Waals surface area (Å²) in [5, 5.41) is 5.82. The van der Waals surface area contributed by atoms with Gasteiger partial charge in [0.05, 0.1) is 7.11 Å². The van der Waals surface area contributed by atoms with Crippen LogP contribution in [0.15, 0.2) is 71.1 Å². The topological polar surface area (TPSA) is 51.5 Å². The maximum atomic E-state index is 12.5. The molecule has 0 fully saturated rings. The Morgan fingerprint density at radius 3 is 2.67 bits per heavy atom. The van der Waals surface area contributed by atoms with Crippen molar-refractivity contribution in [3.05, 3.63) is 72.5 Å². The van der Waals surface area contributed by atoms with Gasteiger partial charge in [-0.1, -0.05) is 36.4 Å². The number of hydrogen-bond donors (Lipinski definition) is 1. The maximum Gasteiger partial charge on any atom is 0.291 e. The van der Waals surface area contributed by atoms with Crippen LogP contribution in [0.3, 0.4) is 0 Å². The van der Waals surface area contributed by atoms with E-state index in [1.54, 1.807) is 25.3 Å². The predicted molar refractivity (Wildman–Crippen MR) is 94.7 cm³/mol. The molecule has 3 aromatic carbocycles. The molecule has 4 aromatic rings. The molecule has 4 nitrogen and oxygen atoms in total. The molecule has 1 aromatic heterocycles. The van der Waals surface area contributed by atoms with Crippen LogP contribution in [0.25, 0.3) is 21.7 Å². The number of fused-ring (bicyclic) bond motifs is 2. The van der Waals surface area contributed by atoms with Gasteiger partial charge >= 0.3 is 0 Å². The largest absolute Gasteiger partial charge is 0.497 e. The van der Waals surface area contributed by atoms with Crippen molar-refractivity contribution >= 4 is 33.3 Å². The van der Waals surface area contributed by atoms with Gasteiger partial charge in [-0.15, -0.1) is 0 Å². The van der Waals surface area contributed by atoms with E-state index in [9.17, 15) is 4.79 Å². The average molecular weight is 317 g/mol. The van der Waals surface area contributed by atoms with Crippen LogP contribution in [0.2, 0.25) is 0 Å². The minimum Gasteiger partial charge on any atom is -0.497 e. The quantitative estimate of drug-likeness (QED) is 0.588. The first-order valence-corrected chi connectivity index (χ1v) is 7.61. The summed E-state index contributed by atoms with van der Waals surface area (Å²) in [6.45, 7) is 0. The van der Waals surface area contributed by atoms with Gasteiger partial charge in [-0.05, 0) is 35.7 Å². The van der Waals surface area contributed by atoms with Crippen molar-refractivity contribution < 1.29 is 13.9 Å². The van der Waals surface area contributed by atoms with Crippen molar-refractivity contribution in [2.75, 3.05) is 12.4 Å². The van der Waals surface area contributed by atoms with E-state index in [2.05, 4.69) is 5.32 Å². The Balaban J connectivity index is 1.68. The SMILES string of the molecule is COc1ccc2oc(C(=O)Nc3cccc4ccccc34)cc2c1. The predicted octanol–water partition coefficient (Wildman–Crippen LogP) is 4.85. The van der Waals surface area contributed by atoms with Crippen LogP contribution in [0.1, 0.15) is 10.6 Å². The molecular formula is C20H15NO3. The van der Waals surface area contributed by atoms with Crippen molar-refractivity contribution in [2.24, 2.45) is 0 Å². The second-order valence-corrected chi connectivity index (χ2v) is 5.50. The number of ether oxygens (including phenoxy) is 1. The molecule has 0 unspecified atom stereocenters. The number of furan rings is 1. The van der Waals surface area contributed by atoms with Crippen molar-refractivity contribution in [1.82, 2.24) is 0 Å². The van der Waals surface area contributed by atoms with Crippen LogP contribution in [-0.4, -0.2) is 13.0 Å². The normalized spacial score (nSPS) is 10.9. The lowest BCUT2D eigenvalue weighted by Crippen LogP contribution is -2.11. The van der Waals surface area contributed by atoms with Crippen molar-refractivity contribution in [2.45, 2.75) is 0 Å². The first-order valence-electron chi connectivity index (χ1n) is 7.61. The first-order chi connectivity index (χ1) is 11.7. The van der Waals surface area contributed by atoms with Crippen LogP contribution in [0.5, 0.6) is 5.75 Å². The van der Waals surface area contributed by atoms with Gasteiger partial charge in [0.25, 0.3) is 5.91 Å². The molecule has 0 aliphatic heterocycles. The number of anilines is 1. The zero-order chi connectivity index (χ0) is 16.5. The highest BCUT2D eigenvalue weighted by molar-refractivity contribution is 6.09. The Hall–Kier alpha value is -3.27. The van der Waals surface area contributed by atoms with Crippen molar-refractivity contribution in [3.63, 3.8) is 0 Å². The average Bonchev–Trinajstić information content (AvgIpc) is 3.05. The minimum absolute atomic E-state index is 0.270.